The van der Waals surface area contributed by atoms with Gasteiger partial charge in [0.25, 0.3) is 5.82 Å². The van der Waals surface area contributed by atoms with E-state index in [1.54, 1.807) is 18.2 Å². The van der Waals surface area contributed by atoms with E-state index < -0.39 is 12.0 Å². The quantitative estimate of drug-likeness (QED) is 0.223. The van der Waals surface area contributed by atoms with Gasteiger partial charge in [-0.2, -0.15) is 17.9 Å². The fourth-order valence-electron chi connectivity index (χ4n) is 6.51. The summed E-state index contributed by atoms with van der Waals surface area (Å²) in [5.74, 6) is -0.305. The van der Waals surface area contributed by atoms with Crippen LogP contribution in [0.1, 0.15) is 48.2 Å². The van der Waals surface area contributed by atoms with Crippen LogP contribution in [0.3, 0.4) is 0 Å². The molecule has 2 atom stereocenters. The van der Waals surface area contributed by atoms with Crippen LogP contribution in [0.5, 0.6) is 5.75 Å². The molecule has 0 saturated carbocycles. The molecule has 2 fully saturated rings. The zero-order valence-electron chi connectivity index (χ0n) is 23.7. The van der Waals surface area contributed by atoms with Gasteiger partial charge >= 0.3 is 6.18 Å². The molecule has 230 valence electrons. The van der Waals surface area contributed by atoms with Crippen LogP contribution in [-0.2, 0) is 12.7 Å². The first-order chi connectivity index (χ1) is 19.9. The summed E-state index contributed by atoms with van der Waals surface area (Å²) in [5.41, 5.74) is 3.63. The topological polar surface area (TPSA) is 59.3 Å². The van der Waals surface area contributed by atoms with Gasteiger partial charge in [-0.05, 0) is 66.1 Å². The molecule has 43 heavy (non-hydrogen) atoms. The van der Waals surface area contributed by atoms with Crippen LogP contribution in [-0.4, -0.2) is 68.3 Å². The molecule has 4 aromatic rings. The number of aromatic nitrogens is 4. The van der Waals surface area contributed by atoms with E-state index in [1.807, 2.05) is 6.92 Å². The fourth-order valence-corrected chi connectivity index (χ4v) is 6.51. The lowest BCUT2D eigenvalue weighted by atomic mass is 9.82. The highest BCUT2D eigenvalue weighted by molar-refractivity contribution is 5.85. The summed E-state index contributed by atoms with van der Waals surface area (Å²) >= 11 is 0. The van der Waals surface area contributed by atoms with Crippen molar-refractivity contribution >= 4 is 24.8 Å². The van der Waals surface area contributed by atoms with Crippen molar-refractivity contribution in [3.05, 3.63) is 101 Å². The highest BCUT2D eigenvalue weighted by Crippen LogP contribution is 2.38. The van der Waals surface area contributed by atoms with Crippen LogP contribution in [0.15, 0.2) is 78.9 Å². The third-order valence-electron chi connectivity index (χ3n) is 8.17. The second kappa shape index (κ2) is 14.1. The van der Waals surface area contributed by atoms with Gasteiger partial charge in [0.2, 0.25) is 0 Å². The Bertz CT molecular complexity index is 1420. The van der Waals surface area contributed by atoms with Crippen molar-refractivity contribution < 1.29 is 17.9 Å². The zero-order valence-corrected chi connectivity index (χ0v) is 25.4. The van der Waals surface area contributed by atoms with Crippen LogP contribution in [0.2, 0.25) is 0 Å². The summed E-state index contributed by atoms with van der Waals surface area (Å²) in [6, 6.07) is 27.0. The first kappa shape index (κ1) is 32.7. The molecule has 12 heteroatoms. The molecule has 0 amide bonds. The third kappa shape index (κ3) is 6.98. The van der Waals surface area contributed by atoms with E-state index in [-0.39, 0.29) is 42.5 Å². The Balaban J connectivity index is 0.00000212. The molecule has 3 heterocycles. The van der Waals surface area contributed by atoms with Gasteiger partial charge < -0.3 is 4.74 Å². The first-order valence-electron chi connectivity index (χ1n) is 14.1. The predicted molar refractivity (Wildman–Crippen MR) is 163 cm³/mol. The zero-order chi connectivity index (χ0) is 28.4. The van der Waals surface area contributed by atoms with Crippen molar-refractivity contribution in [2.45, 2.75) is 50.5 Å². The van der Waals surface area contributed by atoms with Crippen LogP contribution < -0.4 is 4.74 Å². The molecule has 0 bridgehead atoms. The van der Waals surface area contributed by atoms with E-state index in [0.29, 0.717) is 24.9 Å². The number of fused-ring (bicyclic) bond motifs is 1. The largest absolute Gasteiger partial charge is 0.494 e. The second-order valence-electron chi connectivity index (χ2n) is 10.7. The van der Waals surface area contributed by atoms with Crippen LogP contribution in [0.4, 0.5) is 13.2 Å². The van der Waals surface area contributed by atoms with Crippen molar-refractivity contribution in [2.75, 3.05) is 26.2 Å². The Morgan fingerprint density at radius 1 is 0.930 bits per heavy atom. The first-order valence-corrected chi connectivity index (χ1v) is 14.1. The van der Waals surface area contributed by atoms with E-state index in [4.69, 9.17) is 4.74 Å². The summed E-state index contributed by atoms with van der Waals surface area (Å²) in [6.07, 6.45) is -2.39. The average Bonchev–Trinajstić information content (AvgIpc) is 3.66. The lowest BCUT2D eigenvalue weighted by Gasteiger charge is -2.47. The maximum atomic E-state index is 13.6. The highest BCUT2D eigenvalue weighted by atomic mass is 35.5. The number of hydrogen-bond acceptors (Lipinski definition) is 6. The molecule has 0 N–H and O–H groups in total. The van der Waals surface area contributed by atoms with Crippen LogP contribution in [0, 0.1) is 0 Å². The van der Waals surface area contributed by atoms with Gasteiger partial charge in [-0.25, -0.2) is 0 Å². The molecule has 2 aliphatic rings. The summed E-state index contributed by atoms with van der Waals surface area (Å²) < 4.78 is 47.4. The van der Waals surface area contributed by atoms with Gasteiger partial charge in [0, 0.05) is 43.2 Å². The maximum Gasteiger partial charge on any atom is 0.453 e. The van der Waals surface area contributed by atoms with E-state index in [0.717, 1.165) is 42.7 Å². The number of piperazine rings is 1. The Morgan fingerprint density at radius 3 is 2.23 bits per heavy atom. The van der Waals surface area contributed by atoms with E-state index >= 15 is 0 Å². The van der Waals surface area contributed by atoms with Crippen LogP contribution >= 0.6 is 24.8 Å². The van der Waals surface area contributed by atoms with Gasteiger partial charge in [0.1, 0.15) is 5.75 Å². The summed E-state index contributed by atoms with van der Waals surface area (Å²) in [6.45, 7) is 5.68. The predicted octanol–water partition coefficient (Wildman–Crippen LogP) is 6.40. The molecular weight excluding hydrogens is 600 g/mol. The number of ether oxygens (including phenoxy) is 1. The van der Waals surface area contributed by atoms with Gasteiger partial charge in [-0.1, -0.05) is 60.7 Å². The SMILES string of the molecule is CCOc1ccc(-n2nnnc2C(F)(F)F)cc1CN1C[C@@H]2CCCN2[C@H](C(c2ccccc2)c2ccccc2)C1.Cl.Cl. The number of rotatable bonds is 8. The Kier molecular flexibility index (Phi) is 10.7. The van der Waals surface area contributed by atoms with Crippen LogP contribution in [0.25, 0.3) is 5.69 Å². The number of halogens is 5. The standard InChI is InChI=1S/C31H33F3N6O.2ClH/c1-2-41-28-16-15-25(40-30(31(32,33)34)35-36-37-40)18-24(28)19-38-20-26-14-9-17-39(26)27(21-38)29(22-10-5-3-6-11-22)23-12-7-4-8-13-23;;/h3-8,10-13,15-16,18,26-27,29H,2,9,14,17,19-21H2,1H3;2*1H/t26-,27-;;/m0../s1. The summed E-state index contributed by atoms with van der Waals surface area (Å²) in [7, 11) is 0. The lowest BCUT2D eigenvalue weighted by Crippen LogP contribution is -2.57. The Labute approximate surface area is 261 Å². The fraction of sp³-hybridized carbons (Fsp3) is 0.387. The summed E-state index contributed by atoms with van der Waals surface area (Å²) in [4.78, 5) is 5.11. The van der Waals surface area contributed by atoms with Crippen molar-refractivity contribution in [1.82, 2.24) is 30.0 Å². The number of tetrazole rings is 1. The average molecular weight is 636 g/mol. The normalized spacial score (nSPS) is 19.0. The van der Waals surface area contributed by atoms with E-state index in [9.17, 15) is 13.2 Å². The van der Waals surface area contributed by atoms with E-state index in [2.05, 4.69) is 86.0 Å². The van der Waals surface area contributed by atoms with Crippen molar-refractivity contribution in [3.63, 3.8) is 0 Å². The molecule has 0 unspecified atom stereocenters. The Morgan fingerprint density at radius 2 is 1.60 bits per heavy atom. The van der Waals surface area contributed by atoms with Gasteiger partial charge in [0.05, 0.1) is 12.3 Å². The molecule has 0 aliphatic carbocycles. The molecule has 2 saturated heterocycles. The van der Waals surface area contributed by atoms with Crippen molar-refractivity contribution in [3.8, 4) is 11.4 Å². The molecule has 0 spiro atoms. The second-order valence-corrected chi connectivity index (χ2v) is 10.7. The smallest absolute Gasteiger partial charge is 0.453 e. The maximum absolute atomic E-state index is 13.6. The molecule has 0 radical (unpaired) electrons. The minimum absolute atomic E-state index is 0. The molecule has 3 aromatic carbocycles. The number of hydrogen-bond donors (Lipinski definition) is 0. The molecule has 7 nitrogen and oxygen atoms in total. The van der Waals surface area contributed by atoms with E-state index in [1.165, 1.54) is 11.1 Å². The molecular formula is C31H35Cl2F3N6O. The minimum atomic E-state index is -4.67. The minimum Gasteiger partial charge on any atom is -0.494 e. The van der Waals surface area contributed by atoms with Gasteiger partial charge in [-0.15, -0.1) is 29.9 Å². The molecule has 1 aromatic heterocycles. The van der Waals surface area contributed by atoms with Gasteiger partial charge in [-0.3, -0.25) is 9.80 Å². The monoisotopic (exact) mass is 634 g/mol. The number of benzene rings is 3. The highest BCUT2D eigenvalue weighted by Gasteiger charge is 2.42. The molecule has 2 aliphatic heterocycles. The molecule has 6 rings (SSSR count). The number of alkyl halides is 3. The Hall–Kier alpha value is -3.18. The van der Waals surface area contributed by atoms with Crippen molar-refractivity contribution in [2.24, 2.45) is 0 Å². The lowest BCUT2D eigenvalue weighted by molar-refractivity contribution is -0.146. The summed E-state index contributed by atoms with van der Waals surface area (Å²) in [5, 5.41) is 10.1. The van der Waals surface area contributed by atoms with Crippen molar-refractivity contribution in [1.29, 1.82) is 0 Å². The third-order valence-corrected chi connectivity index (χ3v) is 8.17. The number of nitrogens with zero attached hydrogens (tertiary/aromatic N) is 6. The van der Waals surface area contributed by atoms with Gasteiger partial charge in [0.15, 0.2) is 0 Å².